The molecule has 2 atom stereocenters. The third kappa shape index (κ3) is 3.55. The zero-order valence-electron chi connectivity index (χ0n) is 11.5. The van der Waals surface area contributed by atoms with E-state index in [4.69, 9.17) is 9.47 Å². The number of esters is 1. The quantitative estimate of drug-likeness (QED) is 0.824. The zero-order valence-corrected chi connectivity index (χ0v) is 11.5. The molecular weight excluding hydrogens is 242 g/mol. The molecule has 0 radical (unpaired) electrons. The van der Waals surface area contributed by atoms with Gasteiger partial charge in [-0.15, -0.1) is 0 Å². The highest BCUT2D eigenvalue weighted by Crippen LogP contribution is 2.23. The molecule has 19 heavy (non-hydrogen) atoms. The van der Waals surface area contributed by atoms with Crippen LogP contribution in [0.15, 0.2) is 24.3 Å². The molecule has 2 unspecified atom stereocenters. The van der Waals surface area contributed by atoms with Gasteiger partial charge in [-0.25, -0.2) is 4.79 Å². The van der Waals surface area contributed by atoms with Crippen molar-refractivity contribution in [1.82, 2.24) is 5.32 Å². The molecule has 0 saturated carbocycles. The van der Waals surface area contributed by atoms with Crippen LogP contribution < -0.4 is 5.32 Å². The van der Waals surface area contributed by atoms with Crippen molar-refractivity contribution in [3.8, 4) is 0 Å². The van der Waals surface area contributed by atoms with Crippen molar-refractivity contribution in [2.45, 2.75) is 32.4 Å². The van der Waals surface area contributed by atoms with Gasteiger partial charge in [-0.3, -0.25) is 0 Å². The number of carbonyl (C=O) groups is 1. The maximum absolute atomic E-state index is 12.2. The molecule has 1 aromatic rings. The van der Waals surface area contributed by atoms with Gasteiger partial charge >= 0.3 is 5.97 Å². The van der Waals surface area contributed by atoms with E-state index in [1.54, 1.807) is 0 Å². The van der Waals surface area contributed by atoms with Gasteiger partial charge in [0, 0.05) is 13.2 Å². The third-order valence-electron chi connectivity index (χ3n) is 3.22. The van der Waals surface area contributed by atoms with Gasteiger partial charge in [0.1, 0.15) is 12.1 Å². The summed E-state index contributed by atoms with van der Waals surface area (Å²) in [4.78, 5) is 12.2. The molecule has 0 bridgehead atoms. The van der Waals surface area contributed by atoms with Gasteiger partial charge in [-0.2, -0.15) is 0 Å². The summed E-state index contributed by atoms with van der Waals surface area (Å²) in [6.45, 7) is 5.65. The second-order valence-electron chi connectivity index (χ2n) is 4.74. The molecule has 1 N–H and O–H groups in total. The first-order valence-electron chi connectivity index (χ1n) is 6.81. The fourth-order valence-electron chi connectivity index (χ4n) is 2.30. The molecule has 0 spiro atoms. The van der Waals surface area contributed by atoms with Crippen molar-refractivity contribution < 1.29 is 14.3 Å². The van der Waals surface area contributed by atoms with E-state index in [0.29, 0.717) is 13.2 Å². The zero-order chi connectivity index (χ0) is 13.7. The number of rotatable bonds is 5. The summed E-state index contributed by atoms with van der Waals surface area (Å²) in [5, 5.41) is 3.22. The molecule has 1 aromatic carbocycles. The van der Waals surface area contributed by atoms with Crippen LogP contribution in [0.25, 0.3) is 0 Å². The van der Waals surface area contributed by atoms with Gasteiger partial charge in [-0.05, 0) is 31.4 Å². The van der Waals surface area contributed by atoms with Crippen LogP contribution in [-0.4, -0.2) is 31.8 Å². The average molecular weight is 263 g/mol. The predicted molar refractivity (Wildman–Crippen MR) is 72.9 cm³/mol. The lowest BCUT2D eigenvalue weighted by molar-refractivity contribution is -0.154. The van der Waals surface area contributed by atoms with Crippen LogP contribution in [-0.2, 0) is 20.7 Å². The van der Waals surface area contributed by atoms with Crippen LogP contribution in [0, 0.1) is 0 Å². The van der Waals surface area contributed by atoms with Gasteiger partial charge < -0.3 is 14.8 Å². The van der Waals surface area contributed by atoms with Crippen LogP contribution >= 0.6 is 0 Å². The van der Waals surface area contributed by atoms with Crippen LogP contribution in [0.1, 0.15) is 31.0 Å². The van der Waals surface area contributed by atoms with Crippen LogP contribution in [0.4, 0.5) is 0 Å². The highest BCUT2D eigenvalue weighted by atomic mass is 16.6. The number of benzene rings is 1. The smallest absolute Gasteiger partial charge is 0.328 e. The van der Waals surface area contributed by atoms with E-state index in [1.807, 2.05) is 32.0 Å². The largest absolute Gasteiger partial charge is 0.459 e. The van der Waals surface area contributed by atoms with E-state index in [1.165, 1.54) is 5.56 Å². The summed E-state index contributed by atoms with van der Waals surface area (Å²) in [5.41, 5.74) is 2.25. The van der Waals surface area contributed by atoms with E-state index in [-0.39, 0.29) is 18.1 Å². The lowest BCUT2D eigenvalue weighted by Gasteiger charge is -2.26. The summed E-state index contributed by atoms with van der Waals surface area (Å²) < 4.78 is 10.7. The molecule has 0 saturated heterocycles. The summed E-state index contributed by atoms with van der Waals surface area (Å²) in [6.07, 6.45) is 0.734. The molecular formula is C15H21NO3. The van der Waals surface area contributed by atoms with Crippen LogP contribution in [0.5, 0.6) is 0 Å². The van der Waals surface area contributed by atoms with Crippen molar-refractivity contribution in [2.24, 2.45) is 0 Å². The Bertz CT molecular complexity index is 433. The monoisotopic (exact) mass is 263 g/mol. The van der Waals surface area contributed by atoms with E-state index < -0.39 is 0 Å². The molecule has 0 aliphatic carbocycles. The summed E-state index contributed by atoms with van der Waals surface area (Å²) in [7, 11) is 0. The standard InChI is InChI=1S/C15H21NO3/c1-3-18-10-11(2)19-15(17)14-13-7-5-4-6-12(13)8-9-16-14/h4-7,11,14,16H,3,8-10H2,1-2H3. The Kier molecular flexibility index (Phi) is 4.93. The molecule has 1 heterocycles. The first-order chi connectivity index (χ1) is 9.22. The van der Waals surface area contributed by atoms with E-state index in [2.05, 4.69) is 11.4 Å². The molecule has 0 aromatic heterocycles. The number of hydrogen-bond donors (Lipinski definition) is 1. The third-order valence-corrected chi connectivity index (χ3v) is 3.22. The number of ether oxygens (including phenoxy) is 2. The Hall–Kier alpha value is -1.39. The SMILES string of the molecule is CCOCC(C)OC(=O)C1NCCc2ccccc21. The molecule has 104 valence electrons. The van der Waals surface area contributed by atoms with Crippen molar-refractivity contribution in [3.05, 3.63) is 35.4 Å². The summed E-state index contributed by atoms with van der Waals surface area (Å²) in [5.74, 6) is -0.223. The normalized spacial score (nSPS) is 19.6. The van der Waals surface area contributed by atoms with Gasteiger partial charge in [-0.1, -0.05) is 24.3 Å². The number of fused-ring (bicyclic) bond motifs is 1. The van der Waals surface area contributed by atoms with Crippen molar-refractivity contribution in [1.29, 1.82) is 0 Å². The number of nitrogens with one attached hydrogen (secondary N) is 1. The molecule has 4 heteroatoms. The molecule has 2 rings (SSSR count). The maximum atomic E-state index is 12.2. The minimum atomic E-state index is -0.353. The second-order valence-corrected chi connectivity index (χ2v) is 4.74. The summed E-state index contributed by atoms with van der Waals surface area (Å²) >= 11 is 0. The lowest BCUT2D eigenvalue weighted by Crippen LogP contribution is -2.37. The second kappa shape index (κ2) is 6.68. The van der Waals surface area contributed by atoms with E-state index >= 15 is 0 Å². The fourth-order valence-corrected chi connectivity index (χ4v) is 2.30. The molecule has 1 aliphatic heterocycles. The molecule has 0 fully saturated rings. The lowest BCUT2D eigenvalue weighted by atomic mass is 9.94. The van der Waals surface area contributed by atoms with E-state index in [9.17, 15) is 4.79 Å². The Balaban J connectivity index is 2.00. The average Bonchev–Trinajstić information content (AvgIpc) is 2.44. The van der Waals surface area contributed by atoms with Gasteiger partial charge in [0.25, 0.3) is 0 Å². The molecule has 1 aliphatic rings. The van der Waals surface area contributed by atoms with Crippen molar-refractivity contribution in [3.63, 3.8) is 0 Å². The minimum absolute atomic E-state index is 0.219. The first kappa shape index (κ1) is 14.0. The topological polar surface area (TPSA) is 47.6 Å². The Labute approximate surface area is 114 Å². The molecule has 4 nitrogen and oxygen atoms in total. The van der Waals surface area contributed by atoms with E-state index in [0.717, 1.165) is 18.5 Å². The van der Waals surface area contributed by atoms with Crippen molar-refractivity contribution in [2.75, 3.05) is 19.8 Å². The van der Waals surface area contributed by atoms with Gasteiger partial charge in [0.15, 0.2) is 0 Å². The Morgan fingerprint density at radius 3 is 3.05 bits per heavy atom. The van der Waals surface area contributed by atoms with Crippen LogP contribution in [0.2, 0.25) is 0 Å². The first-order valence-corrected chi connectivity index (χ1v) is 6.81. The fraction of sp³-hybridized carbons (Fsp3) is 0.533. The van der Waals surface area contributed by atoms with Crippen molar-refractivity contribution >= 4 is 5.97 Å². The minimum Gasteiger partial charge on any atom is -0.459 e. The van der Waals surface area contributed by atoms with Gasteiger partial charge in [0.05, 0.1) is 6.61 Å². The predicted octanol–water partition coefficient (Wildman–Crippen LogP) is 1.84. The highest BCUT2D eigenvalue weighted by Gasteiger charge is 2.28. The highest BCUT2D eigenvalue weighted by molar-refractivity contribution is 5.78. The van der Waals surface area contributed by atoms with Gasteiger partial charge in [0.2, 0.25) is 0 Å². The number of hydrogen-bond acceptors (Lipinski definition) is 4. The maximum Gasteiger partial charge on any atom is 0.328 e. The number of carbonyl (C=O) groups excluding carboxylic acids is 1. The van der Waals surface area contributed by atoms with Crippen LogP contribution in [0.3, 0.4) is 0 Å². The summed E-state index contributed by atoms with van der Waals surface area (Å²) in [6, 6.07) is 7.66. The Morgan fingerprint density at radius 2 is 2.26 bits per heavy atom. The Morgan fingerprint density at radius 1 is 1.47 bits per heavy atom. The molecule has 0 amide bonds.